The predicted octanol–water partition coefficient (Wildman–Crippen LogP) is 0.837. The predicted molar refractivity (Wildman–Crippen MR) is 154 cm³/mol. The number of nitrogens with zero attached hydrogens (tertiary/aromatic N) is 6. The average Bonchev–Trinajstić information content (AvgIpc) is 2.95. The molecule has 0 spiro atoms. The third-order valence-corrected chi connectivity index (χ3v) is 9.88. The number of fused-ring (bicyclic) bond motifs is 4. The Kier molecular flexibility index (Phi) is 5.58. The number of aryl methyl sites for hydroxylation is 4. The van der Waals surface area contributed by atoms with Crippen molar-refractivity contribution in [3.8, 4) is 0 Å². The van der Waals surface area contributed by atoms with Gasteiger partial charge in [-0.25, -0.2) is 0 Å². The van der Waals surface area contributed by atoms with Crippen LogP contribution in [0.3, 0.4) is 0 Å². The lowest BCUT2D eigenvalue weighted by Crippen LogP contribution is -2.40. The highest BCUT2D eigenvalue weighted by Crippen LogP contribution is 2.50. The van der Waals surface area contributed by atoms with Crippen LogP contribution >= 0.6 is 23.5 Å². The first-order chi connectivity index (χ1) is 18.8. The van der Waals surface area contributed by atoms with Gasteiger partial charge in [0.15, 0.2) is 0 Å². The van der Waals surface area contributed by atoms with Crippen LogP contribution < -0.4 is 32.0 Å². The van der Waals surface area contributed by atoms with Gasteiger partial charge in [0.1, 0.15) is 0 Å². The topological polar surface area (TPSA) is 129 Å². The molecule has 0 unspecified atom stereocenters. The third kappa shape index (κ3) is 3.35. The molecule has 0 atom stereocenters. The summed E-state index contributed by atoms with van der Waals surface area (Å²) >= 11 is 2.25. The molecule has 2 aromatic heterocycles. The second-order valence-corrected chi connectivity index (χ2v) is 11.8. The van der Waals surface area contributed by atoms with E-state index in [0.29, 0.717) is 43.2 Å². The first-order valence-electron chi connectivity index (χ1n) is 12.0. The Labute approximate surface area is 233 Å². The number of amides is 2. The summed E-state index contributed by atoms with van der Waals surface area (Å²) in [6, 6.07) is 6.84. The van der Waals surface area contributed by atoms with Crippen LogP contribution in [0.5, 0.6) is 0 Å². The van der Waals surface area contributed by atoms with Crippen LogP contribution in [0.1, 0.15) is 0 Å². The first kappa shape index (κ1) is 26.0. The Hall–Kier alpha value is -4.30. The molecule has 0 saturated heterocycles. The van der Waals surface area contributed by atoms with Crippen LogP contribution in [0.15, 0.2) is 63.0 Å². The van der Waals surface area contributed by atoms with Gasteiger partial charge in [-0.05, 0) is 24.3 Å². The minimum absolute atomic E-state index is 0.214. The number of carbonyl (C=O) groups excluding carboxylic acids is 2. The maximum absolute atomic E-state index is 13.6. The Balaban J connectivity index is 1.55. The number of likely N-dealkylation sites (N-methyl/N-ethyl adjacent to an activating group) is 2. The van der Waals surface area contributed by atoms with E-state index in [1.807, 2.05) is 0 Å². The van der Waals surface area contributed by atoms with Crippen molar-refractivity contribution in [3.63, 3.8) is 0 Å². The van der Waals surface area contributed by atoms with Gasteiger partial charge in [0.05, 0.1) is 43.3 Å². The van der Waals surface area contributed by atoms with Crippen LogP contribution in [-0.2, 0) is 37.8 Å². The molecular weight excluding hydrogens is 556 g/mol. The van der Waals surface area contributed by atoms with E-state index in [2.05, 4.69) is 0 Å². The summed E-state index contributed by atoms with van der Waals surface area (Å²) in [7, 11) is 9.22. The average molecular weight is 579 g/mol. The minimum Gasteiger partial charge on any atom is -0.310 e. The summed E-state index contributed by atoms with van der Waals surface area (Å²) in [6.45, 7) is 0. The highest BCUT2D eigenvalue weighted by atomic mass is 32.2. The van der Waals surface area contributed by atoms with E-state index in [1.54, 1.807) is 38.4 Å². The maximum Gasteiger partial charge on any atom is 0.316 e. The van der Waals surface area contributed by atoms with Gasteiger partial charge in [-0.1, -0.05) is 23.5 Å². The number of anilines is 2. The van der Waals surface area contributed by atoms with Crippen LogP contribution in [-0.4, -0.2) is 44.2 Å². The Morgan fingerprint density at radius 3 is 1.02 bits per heavy atom. The Morgan fingerprint density at radius 2 is 0.725 bits per heavy atom. The van der Waals surface area contributed by atoms with E-state index in [9.17, 15) is 28.8 Å². The van der Waals surface area contributed by atoms with Crippen molar-refractivity contribution in [2.24, 2.45) is 28.2 Å². The van der Waals surface area contributed by atoms with Crippen LogP contribution in [0.2, 0.25) is 0 Å². The Bertz CT molecular complexity index is 2020. The monoisotopic (exact) mass is 578 g/mol. The fraction of sp³-hybridized carbons (Fsp3) is 0.231. The van der Waals surface area contributed by atoms with Crippen molar-refractivity contribution < 1.29 is 9.59 Å². The highest BCUT2D eigenvalue weighted by molar-refractivity contribution is 8.08. The Morgan fingerprint density at radius 1 is 0.450 bits per heavy atom. The zero-order chi connectivity index (χ0) is 28.9. The molecule has 2 aliphatic rings. The van der Waals surface area contributed by atoms with E-state index >= 15 is 0 Å². The van der Waals surface area contributed by atoms with E-state index in [-0.39, 0.29) is 9.81 Å². The van der Waals surface area contributed by atoms with Gasteiger partial charge in [-0.15, -0.1) is 0 Å². The van der Waals surface area contributed by atoms with Crippen molar-refractivity contribution in [1.29, 1.82) is 0 Å². The van der Waals surface area contributed by atoms with E-state index in [4.69, 9.17) is 0 Å². The van der Waals surface area contributed by atoms with E-state index < -0.39 is 34.1 Å². The van der Waals surface area contributed by atoms with Crippen molar-refractivity contribution in [3.05, 3.63) is 75.5 Å². The minimum atomic E-state index is -0.675. The molecule has 12 nitrogen and oxygen atoms in total. The molecule has 2 amide bonds. The summed E-state index contributed by atoms with van der Waals surface area (Å²) in [5, 5.41) is 0. The fourth-order valence-corrected chi connectivity index (χ4v) is 7.42. The molecule has 204 valence electrons. The maximum atomic E-state index is 13.6. The molecule has 4 heterocycles. The fourth-order valence-electron chi connectivity index (χ4n) is 4.98. The van der Waals surface area contributed by atoms with Crippen molar-refractivity contribution in [2.75, 3.05) is 23.9 Å². The molecule has 0 radical (unpaired) electrons. The largest absolute Gasteiger partial charge is 0.316 e. The summed E-state index contributed by atoms with van der Waals surface area (Å²) in [5.41, 5.74) is 0.397. The first-order valence-corrected chi connectivity index (χ1v) is 13.6. The molecule has 0 saturated carbocycles. The van der Waals surface area contributed by atoms with Gasteiger partial charge in [0.25, 0.3) is 11.8 Å². The molecule has 0 fully saturated rings. The normalized spacial score (nSPS) is 17.1. The number of hydrogen-bond acceptors (Lipinski definition) is 8. The lowest BCUT2D eigenvalue weighted by molar-refractivity contribution is -0.116. The highest BCUT2D eigenvalue weighted by Gasteiger charge is 2.37. The standard InChI is InChI=1S/C26H22N6O6S2/c1-27-11-7-15-17(9-13(11)29(3)25(37)23(27)35)39-19(21(33)31(15)5)20-22(34)32(6)16-8-12-14(10-18(16)40-20)30(4)26(38)24(36)28(12)2/h7-10H,1-6H3/b20-19+. The number of hydrogen-bond donors (Lipinski definition) is 0. The molecule has 0 N–H and O–H groups in total. The van der Waals surface area contributed by atoms with Crippen LogP contribution in [0.4, 0.5) is 11.4 Å². The molecule has 6 rings (SSSR count). The zero-order valence-corrected chi connectivity index (χ0v) is 23.9. The summed E-state index contributed by atoms with van der Waals surface area (Å²) in [5.74, 6) is -0.787. The molecule has 2 aliphatic heterocycles. The number of thioether (sulfide) groups is 2. The lowest BCUT2D eigenvalue weighted by atomic mass is 10.2. The van der Waals surface area contributed by atoms with Crippen LogP contribution in [0, 0.1) is 0 Å². The number of benzene rings is 2. The van der Waals surface area contributed by atoms with Gasteiger partial charge in [0, 0.05) is 52.1 Å². The third-order valence-electron chi connectivity index (χ3n) is 7.49. The second-order valence-electron chi connectivity index (χ2n) is 9.66. The van der Waals surface area contributed by atoms with E-state index in [0.717, 1.165) is 23.5 Å². The molecular formula is C26H22N6O6S2. The molecule has 14 heteroatoms. The van der Waals surface area contributed by atoms with Gasteiger partial charge in [-0.2, -0.15) is 0 Å². The summed E-state index contributed by atoms with van der Waals surface area (Å²) in [4.78, 5) is 81.3. The molecule has 0 bridgehead atoms. The van der Waals surface area contributed by atoms with Gasteiger partial charge in [-0.3, -0.25) is 28.8 Å². The van der Waals surface area contributed by atoms with Crippen molar-refractivity contribution >= 4 is 68.8 Å². The lowest BCUT2D eigenvalue weighted by Gasteiger charge is -2.32. The number of aromatic nitrogens is 4. The zero-order valence-electron chi connectivity index (χ0n) is 22.3. The molecule has 4 aromatic rings. The molecule has 0 aliphatic carbocycles. The quantitative estimate of drug-likeness (QED) is 0.222. The molecule has 2 aromatic carbocycles. The smallest absolute Gasteiger partial charge is 0.310 e. The van der Waals surface area contributed by atoms with E-state index in [1.165, 1.54) is 56.3 Å². The van der Waals surface area contributed by atoms with Crippen molar-refractivity contribution in [1.82, 2.24) is 18.3 Å². The second kappa shape index (κ2) is 8.60. The van der Waals surface area contributed by atoms with Crippen LogP contribution in [0.25, 0.3) is 22.1 Å². The summed E-state index contributed by atoms with van der Waals surface area (Å²) in [6.07, 6.45) is 0. The SMILES string of the molecule is CN1C(=O)/C(=C2\Sc3cc4c(cc3N(C)C2=O)n(C)c(=O)c(=O)n4C)Sc2cc3c(cc21)n(C)c(=O)c(=O)n3C. The summed E-state index contributed by atoms with van der Waals surface area (Å²) < 4.78 is 5.06. The number of rotatable bonds is 0. The number of carbonyl (C=O) groups is 2. The molecule has 40 heavy (non-hydrogen) atoms. The van der Waals surface area contributed by atoms with Gasteiger partial charge >= 0.3 is 22.2 Å². The van der Waals surface area contributed by atoms with Gasteiger partial charge < -0.3 is 28.1 Å². The van der Waals surface area contributed by atoms with Crippen molar-refractivity contribution in [2.45, 2.75) is 9.79 Å². The van der Waals surface area contributed by atoms with Gasteiger partial charge in [0.2, 0.25) is 0 Å².